The molecule has 1 aromatic rings. The van der Waals surface area contributed by atoms with Gasteiger partial charge in [-0.2, -0.15) is 0 Å². The maximum Gasteiger partial charge on any atom is 0.319 e. The Bertz CT molecular complexity index is 423. The average molecular weight is 253 g/mol. The summed E-state index contributed by atoms with van der Waals surface area (Å²) in [5.41, 5.74) is -1.15. The van der Waals surface area contributed by atoms with Gasteiger partial charge < -0.3 is 10.4 Å². The van der Waals surface area contributed by atoms with Gasteiger partial charge in [0.25, 0.3) is 0 Å². The Hall–Kier alpha value is -1.36. The lowest BCUT2D eigenvalue weighted by molar-refractivity contribution is -0.149. The lowest BCUT2D eigenvalue weighted by Crippen LogP contribution is -2.38. The smallest absolute Gasteiger partial charge is 0.319 e. The van der Waals surface area contributed by atoms with Crippen molar-refractivity contribution >= 4 is 23.2 Å². The normalized spacial score (nSPS) is 18.4. The molecule has 1 aromatic heterocycles. The van der Waals surface area contributed by atoms with Gasteiger partial charge in [-0.15, -0.1) is 11.3 Å². The molecule has 17 heavy (non-hydrogen) atoms. The quantitative estimate of drug-likeness (QED) is 0.790. The summed E-state index contributed by atoms with van der Waals surface area (Å²) < 4.78 is 0. The number of nitrogens with one attached hydrogen (secondary N) is 1. The van der Waals surface area contributed by atoms with Gasteiger partial charge in [0.2, 0.25) is 5.91 Å². The van der Waals surface area contributed by atoms with Crippen molar-refractivity contribution in [3.05, 3.63) is 22.4 Å². The lowest BCUT2D eigenvalue weighted by atomic mass is 10.1. The Balaban J connectivity index is 2.05. The summed E-state index contributed by atoms with van der Waals surface area (Å²) in [7, 11) is 0. The fraction of sp³-hybridized carbons (Fsp3) is 0.500. The topological polar surface area (TPSA) is 66.4 Å². The van der Waals surface area contributed by atoms with Crippen molar-refractivity contribution in [1.29, 1.82) is 0 Å². The average Bonchev–Trinajstić information content (AvgIpc) is 2.96. The molecule has 0 radical (unpaired) electrons. The minimum absolute atomic E-state index is 0.0701. The minimum Gasteiger partial charge on any atom is -0.480 e. The van der Waals surface area contributed by atoms with E-state index in [-0.39, 0.29) is 11.9 Å². The molecule has 1 heterocycles. The van der Waals surface area contributed by atoms with Crippen LogP contribution in [0.15, 0.2) is 17.5 Å². The molecule has 2 rings (SSSR count). The summed E-state index contributed by atoms with van der Waals surface area (Å²) >= 11 is 1.57. The van der Waals surface area contributed by atoms with Crippen LogP contribution < -0.4 is 5.32 Å². The summed E-state index contributed by atoms with van der Waals surface area (Å²) in [5.74, 6) is -1.35. The van der Waals surface area contributed by atoms with Crippen LogP contribution >= 0.6 is 11.3 Å². The highest BCUT2D eigenvalue weighted by atomic mass is 32.1. The van der Waals surface area contributed by atoms with Crippen LogP contribution in [0.4, 0.5) is 0 Å². The summed E-state index contributed by atoms with van der Waals surface area (Å²) in [4.78, 5) is 24.0. The lowest BCUT2D eigenvalue weighted by Gasteiger charge is -2.18. The molecule has 0 spiro atoms. The summed E-state index contributed by atoms with van der Waals surface area (Å²) in [6, 6.07) is 3.82. The number of aliphatic carboxylic acids is 1. The molecule has 0 bridgehead atoms. The summed E-state index contributed by atoms with van der Waals surface area (Å²) in [6.07, 6.45) is 1.67. The van der Waals surface area contributed by atoms with Crippen LogP contribution in [0.3, 0.4) is 0 Å². The molecule has 4 nitrogen and oxygen atoms in total. The number of rotatable bonds is 5. The van der Waals surface area contributed by atoms with Gasteiger partial charge in [-0.05, 0) is 30.7 Å². The number of amides is 1. The van der Waals surface area contributed by atoms with Gasteiger partial charge >= 0.3 is 5.97 Å². The number of hydrogen-bond donors (Lipinski definition) is 2. The predicted molar refractivity (Wildman–Crippen MR) is 64.8 cm³/mol. The van der Waals surface area contributed by atoms with E-state index in [2.05, 4.69) is 5.32 Å². The Morgan fingerprint density at radius 3 is 2.71 bits per heavy atom. The first-order valence-corrected chi connectivity index (χ1v) is 6.56. The summed E-state index contributed by atoms with van der Waals surface area (Å²) in [6.45, 7) is 1.98. The molecule has 1 saturated carbocycles. The maximum absolute atomic E-state index is 11.9. The highest BCUT2D eigenvalue weighted by Gasteiger charge is 2.57. The maximum atomic E-state index is 11.9. The predicted octanol–water partition coefficient (Wildman–Crippen LogP) is 2.18. The van der Waals surface area contributed by atoms with Crippen LogP contribution in [0, 0.1) is 5.41 Å². The van der Waals surface area contributed by atoms with E-state index in [1.807, 2.05) is 24.4 Å². The van der Waals surface area contributed by atoms with Crippen molar-refractivity contribution in [3.63, 3.8) is 0 Å². The molecule has 1 atom stereocenters. The number of carbonyl (C=O) groups is 2. The van der Waals surface area contributed by atoms with Crippen molar-refractivity contribution in [1.82, 2.24) is 5.32 Å². The van der Waals surface area contributed by atoms with E-state index in [0.717, 1.165) is 11.3 Å². The molecule has 92 valence electrons. The number of thiophene rings is 1. The first-order chi connectivity index (χ1) is 8.10. The highest BCUT2D eigenvalue weighted by molar-refractivity contribution is 7.10. The van der Waals surface area contributed by atoms with Crippen LogP contribution in [0.5, 0.6) is 0 Å². The van der Waals surface area contributed by atoms with Gasteiger partial charge in [0.05, 0.1) is 6.04 Å². The van der Waals surface area contributed by atoms with Gasteiger partial charge in [0.15, 0.2) is 0 Å². The second-order valence-corrected chi connectivity index (χ2v) is 5.32. The zero-order chi connectivity index (χ0) is 12.5. The Morgan fingerprint density at radius 1 is 1.59 bits per heavy atom. The van der Waals surface area contributed by atoms with Gasteiger partial charge in [0, 0.05) is 4.88 Å². The zero-order valence-electron chi connectivity index (χ0n) is 9.60. The van der Waals surface area contributed by atoms with Crippen molar-refractivity contribution < 1.29 is 14.7 Å². The molecular weight excluding hydrogens is 238 g/mol. The molecule has 1 unspecified atom stereocenters. The van der Waals surface area contributed by atoms with E-state index >= 15 is 0 Å². The molecular formula is C12H15NO3S. The molecule has 1 aliphatic carbocycles. The fourth-order valence-electron chi connectivity index (χ4n) is 1.82. The van der Waals surface area contributed by atoms with Crippen molar-refractivity contribution in [2.75, 3.05) is 0 Å². The summed E-state index contributed by atoms with van der Waals surface area (Å²) in [5, 5.41) is 13.8. The van der Waals surface area contributed by atoms with Crippen LogP contribution in [-0.2, 0) is 9.59 Å². The molecule has 1 aliphatic rings. The van der Waals surface area contributed by atoms with Gasteiger partial charge in [-0.25, -0.2) is 0 Å². The number of carboxylic acid groups (broad SMARTS) is 1. The Morgan fingerprint density at radius 2 is 2.29 bits per heavy atom. The van der Waals surface area contributed by atoms with Gasteiger partial charge in [-0.3, -0.25) is 9.59 Å². The molecule has 2 N–H and O–H groups in total. The standard InChI is InChI=1S/C12H15NO3S/c1-2-8(9-4-3-7-17-9)13-10(14)12(5-6-12)11(15)16/h3-4,7-8H,2,5-6H2,1H3,(H,13,14)(H,15,16). The third kappa shape index (κ3) is 2.20. The van der Waals surface area contributed by atoms with E-state index < -0.39 is 11.4 Å². The molecule has 0 saturated heterocycles. The third-order valence-corrected chi connectivity index (χ3v) is 4.18. The molecule has 0 aromatic carbocycles. The monoisotopic (exact) mass is 253 g/mol. The Labute approximate surface area is 104 Å². The van der Waals surface area contributed by atoms with E-state index in [4.69, 9.17) is 5.11 Å². The van der Waals surface area contributed by atoms with E-state index in [9.17, 15) is 9.59 Å². The number of hydrogen-bond acceptors (Lipinski definition) is 3. The van der Waals surface area contributed by atoms with Crippen LogP contribution in [0.25, 0.3) is 0 Å². The van der Waals surface area contributed by atoms with Crippen LogP contribution in [0.2, 0.25) is 0 Å². The first-order valence-electron chi connectivity index (χ1n) is 5.68. The second kappa shape index (κ2) is 4.49. The van der Waals surface area contributed by atoms with E-state index in [1.54, 1.807) is 11.3 Å². The van der Waals surface area contributed by atoms with Crippen molar-refractivity contribution in [3.8, 4) is 0 Å². The SMILES string of the molecule is CCC(NC(=O)C1(C(=O)O)CC1)c1cccs1. The van der Waals surface area contributed by atoms with Gasteiger partial charge in [-0.1, -0.05) is 13.0 Å². The molecule has 0 aliphatic heterocycles. The number of carbonyl (C=O) groups excluding carboxylic acids is 1. The number of carboxylic acids is 1. The van der Waals surface area contributed by atoms with Crippen molar-refractivity contribution in [2.45, 2.75) is 32.2 Å². The molecule has 5 heteroatoms. The van der Waals surface area contributed by atoms with E-state index in [0.29, 0.717) is 12.8 Å². The molecule has 1 fully saturated rings. The van der Waals surface area contributed by atoms with Crippen molar-refractivity contribution in [2.24, 2.45) is 5.41 Å². The fourth-order valence-corrected chi connectivity index (χ4v) is 2.68. The highest BCUT2D eigenvalue weighted by Crippen LogP contribution is 2.46. The third-order valence-electron chi connectivity index (χ3n) is 3.19. The van der Waals surface area contributed by atoms with Gasteiger partial charge in [0.1, 0.15) is 5.41 Å². The van der Waals surface area contributed by atoms with Crippen LogP contribution in [-0.4, -0.2) is 17.0 Å². The Kier molecular flexibility index (Phi) is 3.19. The van der Waals surface area contributed by atoms with Crippen LogP contribution in [0.1, 0.15) is 37.1 Å². The zero-order valence-corrected chi connectivity index (χ0v) is 10.4. The largest absolute Gasteiger partial charge is 0.480 e. The van der Waals surface area contributed by atoms with E-state index in [1.165, 1.54) is 0 Å². The minimum atomic E-state index is -1.15. The first kappa shape index (κ1) is 12.1. The second-order valence-electron chi connectivity index (χ2n) is 4.34. The molecule has 1 amide bonds.